The Kier molecular flexibility index (Phi) is 7.79. The second-order valence-corrected chi connectivity index (χ2v) is 10.6. The molecule has 0 saturated heterocycles. The predicted octanol–water partition coefficient (Wildman–Crippen LogP) is 5.86. The molecule has 0 unspecified atom stereocenters. The number of primary amides is 1. The van der Waals surface area contributed by atoms with Gasteiger partial charge in [-0.1, -0.05) is 18.2 Å². The lowest BCUT2D eigenvalue weighted by Crippen LogP contribution is -2.46. The number of nitrogens with one attached hydrogen (secondary N) is 1. The van der Waals surface area contributed by atoms with Crippen LogP contribution in [0.3, 0.4) is 0 Å². The highest BCUT2D eigenvalue weighted by Crippen LogP contribution is 2.42. The predicted molar refractivity (Wildman–Crippen MR) is 163 cm³/mol. The van der Waals surface area contributed by atoms with Gasteiger partial charge in [-0.25, -0.2) is 9.78 Å². The van der Waals surface area contributed by atoms with E-state index in [1.807, 2.05) is 43.3 Å². The summed E-state index contributed by atoms with van der Waals surface area (Å²) >= 11 is 0. The second-order valence-electron chi connectivity index (χ2n) is 10.6. The van der Waals surface area contributed by atoms with E-state index in [2.05, 4.69) is 15.3 Å². The minimum Gasteiger partial charge on any atom is -0.378 e. The second kappa shape index (κ2) is 11.4. The molecule has 0 aliphatic carbocycles. The Hall–Kier alpha value is -5.73. The molecular weight excluding hydrogens is 593 g/mol. The number of amides is 3. The Morgan fingerprint density at radius 3 is 2.51 bits per heavy atom. The number of rotatable bonds is 7. The van der Waals surface area contributed by atoms with E-state index in [4.69, 9.17) is 5.73 Å². The lowest BCUT2D eigenvalue weighted by atomic mass is 9.93. The molecule has 0 bridgehead atoms. The van der Waals surface area contributed by atoms with E-state index in [1.165, 1.54) is 29.0 Å². The highest BCUT2D eigenvalue weighted by molar-refractivity contribution is 6.07. The molecule has 3 aromatic carbocycles. The van der Waals surface area contributed by atoms with Crippen LogP contribution in [0.1, 0.15) is 27.0 Å². The Bertz CT molecular complexity index is 1830. The number of halogens is 3. The number of urea groups is 1. The molecule has 1 aromatic heterocycles. The van der Waals surface area contributed by atoms with E-state index in [0.29, 0.717) is 34.8 Å². The maximum Gasteiger partial charge on any atom is 0.416 e. The van der Waals surface area contributed by atoms with Crippen LogP contribution < -0.4 is 25.8 Å². The zero-order valence-electron chi connectivity index (χ0n) is 24.5. The molecule has 12 nitrogen and oxygen atoms in total. The summed E-state index contributed by atoms with van der Waals surface area (Å²) in [6, 6.07) is 12.3. The molecule has 232 valence electrons. The third-order valence-electron chi connectivity index (χ3n) is 7.32. The van der Waals surface area contributed by atoms with Gasteiger partial charge in [-0.2, -0.15) is 18.2 Å². The number of hydrogen-bond acceptors (Lipinski definition) is 8. The smallest absolute Gasteiger partial charge is 0.378 e. The molecule has 3 N–H and O–H groups in total. The summed E-state index contributed by atoms with van der Waals surface area (Å²) in [4.78, 5) is 50.4. The van der Waals surface area contributed by atoms with Crippen LogP contribution in [0.2, 0.25) is 0 Å². The summed E-state index contributed by atoms with van der Waals surface area (Å²) in [5.74, 6) is -0.649. The van der Waals surface area contributed by atoms with Crippen LogP contribution in [-0.4, -0.2) is 48.0 Å². The number of hydrogen-bond donors (Lipinski definition) is 2. The molecule has 1 aliphatic rings. The molecular formula is C30H27F3N8O4. The summed E-state index contributed by atoms with van der Waals surface area (Å²) < 4.78 is 40.5. The Balaban J connectivity index is 1.54. The van der Waals surface area contributed by atoms with Crippen LogP contribution in [0.15, 0.2) is 60.8 Å². The van der Waals surface area contributed by atoms with E-state index in [-0.39, 0.29) is 18.1 Å². The van der Waals surface area contributed by atoms with Crippen LogP contribution in [0.5, 0.6) is 0 Å². The molecule has 45 heavy (non-hydrogen) atoms. The van der Waals surface area contributed by atoms with Crippen LogP contribution in [0.4, 0.5) is 52.5 Å². The first kappa shape index (κ1) is 30.7. The van der Waals surface area contributed by atoms with Crippen molar-refractivity contribution in [2.45, 2.75) is 19.6 Å². The number of nitrogens with two attached hydrogens (primary N) is 1. The van der Waals surface area contributed by atoms with Crippen molar-refractivity contribution >= 4 is 46.5 Å². The summed E-state index contributed by atoms with van der Waals surface area (Å²) in [5, 5.41) is 15.1. The van der Waals surface area contributed by atoms with Gasteiger partial charge in [-0.05, 0) is 48.4 Å². The molecule has 5 rings (SSSR count). The van der Waals surface area contributed by atoms with Crippen molar-refractivity contribution in [1.82, 2.24) is 9.97 Å². The van der Waals surface area contributed by atoms with Gasteiger partial charge in [0.25, 0.3) is 5.69 Å². The van der Waals surface area contributed by atoms with E-state index in [9.17, 15) is 32.9 Å². The average molecular weight is 621 g/mol. The maximum atomic E-state index is 13.6. The largest absolute Gasteiger partial charge is 0.416 e. The van der Waals surface area contributed by atoms with Gasteiger partial charge in [0.1, 0.15) is 5.82 Å². The number of aryl methyl sites for hydroxylation is 1. The Labute approximate surface area is 255 Å². The molecule has 3 amide bonds. The van der Waals surface area contributed by atoms with Crippen LogP contribution in [0.25, 0.3) is 11.1 Å². The normalized spacial score (nSPS) is 13.0. The van der Waals surface area contributed by atoms with Gasteiger partial charge < -0.3 is 16.0 Å². The number of benzene rings is 3. The van der Waals surface area contributed by atoms with Crippen LogP contribution in [-0.2, 0) is 12.7 Å². The SMILES string of the molecule is Cc1ccc(-c2c(C(N)=O)cc(C(F)(F)F)cc2[N+](=O)[O-])cc1N1Cc2cnc(Nc3cccc(N(C)C)c3)nc2N(C)C1=O. The molecule has 0 spiro atoms. The quantitative estimate of drug-likeness (QED) is 0.193. The fourth-order valence-electron chi connectivity index (χ4n) is 5.04. The number of nitro benzene ring substituents is 1. The van der Waals surface area contributed by atoms with Crippen molar-refractivity contribution in [3.63, 3.8) is 0 Å². The van der Waals surface area contributed by atoms with E-state index in [1.54, 1.807) is 19.2 Å². The number of alkyl halides is 3. The van der Waals surface area contributed by atoms with Crippen molar-refractivity contribution in [2.24, 2.45) is 5.73 Å². The summed E-state index contributed by atoms with van der Waals surface area (Å²) in [6.45, 7) is 1.72. The van der Waals surface area contributed by atoms with Gasteiger partial charge >= 0.3 is 12.2 Å². The fourth-order valence-corrected chi connectivity index (χ4v) is 5.04. The number of nitro groups is 1. The van der Waals surface area contributed by atoms with E-state index < -0.39 is 45.4 Å². The Morgan fingerprint density at radius 2 is 1.87 bits per heavy atom. The van der Waals surface area contributed by atoms with Crippen molar-refractivity contribution in [2.75, 3.05) is 41.2 Å². The van der Waals surface area contributed by atoms with Gasteiger partial charge in [-0.15, -0.1) is 0 Å². The highest BCUT2D eigenvalue weighted by Gasteiger charge is 2.37. The topological polar surface area (TPSA) is 151 Å². The first-order valence-electron chi connectivity index (χ1n) is 13.4. The number of carbonyl (C=O) groups is 2. The lowest BCUT2D eigenvalue weighted by molar-refractivity contribution is -0.384. The minimum atomic E-state index is -4.96. The molecule has 0 radical (unpaired) electrons. The molecule has 4 aromatic rings. The maximum absolute atomic E-state index is 13.6. The number of carbonyl (C=O) groups excluding carboxylic acids is 2. The molecule has 0 atom stereocenters. The molecule has 2 heterocycles. The molecule has 1 aliphatic heterocycles. The van der Waals surface area contributed by atoms with E-state index >= 15 is 0 Å². The van der Waals surface area contributed by atoms with Crippen molar-refractivity contribution in [1.29, 1.82) is 0 Å². The van der Waals surface area contributed by atoms with Gasteiger partial charge in [0.2, 0.25) is 11.9 Å². The summed E-state index contributed by atoms with van der Waals surface area (Å²) in [6.07, 6.45) is -3.39. The van der Waals surface area contributed by atoms with Crippen LogP contribution in [0, 0.1) is 17.0 Å². The number of aromatic nitrogens is 2. The van der Waals surface area contributed by atoms with E-state index in [0.717, 1.165) is 11.4 Å². The lowest BCUT2D eigenvalue weighted by Gasteiger charge is -2.35. The molecule has 15 heteroatoms. The molecule has 0 saturated carbocycles. The zero-order chi connectivity index (χ0) is 32.8. The highest BCUT2D eigenvalue weighted by atomic mass is 19.4. The zero-order valence-corrected chi connectivity index (χ0v) is 24.5. The van der Waals surface area contributed by atoms with Gasteiger partial charge in [0.15, 0.2) is 0 Å². The van der Waals surface area contributed by atoms with Crippen LogP contribution >= 0.6 is 0 Å². The third kappa shape index (κ3) is 5.91. The van der Waals surface area contributed by atoms with Gasteiger partial charge in [0.05, 0.1) is 28.2 Å². The van der Waals surface area contributed by atoms with Gasteiger partial charge in [0, 0.05) is 56.0 Å². The standard InChI is InChI=1S/C30H27F3N8O4/c1-16-8-9-17(25-22(26(34)42)11-19(30(31,32)33)12-24(25)41(44)45)10-23(16)40-15-18-14-35-28(37-27(18)39(4)29(40)43)36-20-6-5-7-21(13-20)38(2)3/h5-14H,15H2,1-4H3,(H2,34,42)(H,35,36,37). The fraction of sp³-hybridized carbons (Fsp3) is 0.200. The first-order chi connectivity index (χ1) is 21.1. The summed E-state index contributed by atoms with van der Waals surface area (Å²) in [7, 11) is 5.36. The number of fused-ring (bicyclic) bond motifs is 1. The monoisotopic (exact) mass is 620 g/mol. The molecule has 0 fully saturated rings. The van der Waals surface area contributed by atoms with Crippen molar-refractivity contribution in [3.05, 3.63) is 93.2 Å². The summed E-state index contributed by atoms with van der Waals surface area (Å²) in [5.41, 5.74) is 5.20. The minimum absolute atomic E-state index is 0.0248. The number of anilines is 5. The van der Waals surface area contributed by atoms with Crippen molar-refractivity contribution < 1.29 is 27.7 Å². The number of nitrogens with zero attached hydrogens (tertiary/aromatic N) is 6. The Morgan fingerprint density at radius 1 is 1.13 bits per heavy atom. The average Bonchev–Trinajstić information content (AvgIpc) is 2.98. The third-order valence-corrected chi connectivity index (χ3v) is 7.32. The van der Waals surface area contributed by atoms with Gasteiger partial charge in [-0.3, -0.25) is 24.7 Å². The van der Waals surface area contributed by atoms with Crippen molar-refractivity contribution in [3.8, 4) is 11.1 Å². The first-order valence-corrected chi connectivity index (χ1v) is 13.4.